The van der Waals surface area contributed by atoms with Crippen LogP contribution in [0.2, 0.25) is 0 Å². The van der Waals surface area contributed by atoms with Crippen molar-refractivity contribution in [1.82, 2.24) is 35.2 Å². The van der Waals surface area contributed by atoms with Gasteiger partial charge in [0, 0.05) is 46.3 Å². The molecule has 0 aliphatic carbocycles. The number of aliphatic hydroxyl groups is 1. The number of hydrogen-bond acceptors (Lipinski definition) is 13. The smallest absolute Gasteiger partial charge is 0.417 e. The quantitative estimate of drug-likeness (QED) is 0.124. The zero-order valence-corrected chi connectivity index (χ0v) is 45.0. The van der Waals surface area contributed by atoms with E-state index in [9.17, 15) is 57.1 Å². The van der Waals surface area contributed by atoms with Crippen LogP contribution < -0.4 is 25.2 Å². The molecule has 3 atom stereocenters. The highest BCUT2D eigenvalue weighted by atomic mass is 32.1. The minimum Gasteiger partial charge on any atom is -0.484 e. The summed E-state index contributed by atoms with van der Waals surface area (Å²) in [6.45, 7) is 8.37. The number of hydrogen-bond donors (Lipinski definition) is 3. The summed E-state index contributed by atoms with van der Waals surface area (Å²) in [4.78, 5) is 106. The van der Waals surface area contributed by atoms with Crippen LogP contribution in [0.3, 0.4) is 0 Å². The van der Waals surface area contributed by atoms with Gasteiger partial charge < -0.3 is 45.0 Å². The number of carbonyl (C=O) groups is 7. The molecule has 2 fully saturated rings. The summed E-state index contributed by atoms with van der Waals surface area (Å²) in [6.07, 6.45) is -5.84. The number of thiocarbonyl (C=S) groups is 1. The van der Waals surface area contributed by atoms with Crippen molar-refractivity contribution in [1.29, 1.82) is 5.26 Å². The van der Waals surface area contributed by atoms with Crippen molar-refractivity contribution in [3.05, 3.63) is 94.6 Å². The van der Waals surface area contributed by atoms with E-state index in [1.54, 1.807) is 52.3 Å². The number of thiazole rings is 1. The number of ether oxygens (including phenoxy) is 1. The van der Waals surface area contributed by atoms with Gasteiger partial charge in [-0.05, 0) is 92.0 Å². The first kappa shape index (κ1) is 57.8. The Morgan fingerprint density at radius 2 is 1.51 bits per heavy atom. The van der Waals surface area contributed by atoms with Gasteiger partial charge in [-0.3, -0.25) is 38.5 Å². The largest absolute Gasteiger partial charge is 0.484 e. The van der Waals surface area contributed by atoms with Crippen LogP contribution in [0.1, 0.15) is 63.4 Å². The van der Waals surface area contributed by atoms with Crippen molar-refractivity contribution in [3.63, 3.8) is 0 Å². The number of halogens is 3. The van der Waals surface area contributed by atoms with Gasteiger partial charge in [0.2, 0.25) is 29.5 Å². The van der Waals surface area contributed by atoms with E-state index in [0.29, 0.717) is 11.8 Å². The van der Waals surface area contributed by atoms with Crippen molar-refractivity contribution in [2.75, 3.05) is 63.7 Å². The lowest BCUT2D eigenvalue weighted by atomic mass is 9.85. The van der Waals surface area contributed by atoms with Gasteiger partial charge >= 0.3 is 6.18 Å². The average Bonchev–Trinajstić information content (AvgIpc) is 4.05. The maximum Gasteiger partial charge on any atom is 0.417 e. The number of β-amino-alcohol motifs (C(OH)–C–C–N with tert-alkyl or cyclic N) is 1. The molecule has 0 radical (unpaired) electrons. The minimum atomic E-state index is -4.86. The molecule has 6 rings (SSSR count). The monoisotopic (exact) mass is 1090 g/mol. The van der Waals surface area contributed by atoms with Gasteiger partial charge in [-0.1, -0.05) is 45.0 Å². The molecule has 2 aliphatic rings. The molecule has 3 heterocycles. The van der Waals surface area contributed by atoms with Gasteiger partial charge in [0.15, 0.2) is 11.7 Å². The van der Waals surface area contributed by atoms with E-state index in [0.717, 1.165) is 47.4 Å². The lowest BCUT2D eigenvalue weighted by molar-refractivity contribution is -0.145. The molecule has 24 heteroatoms. The van der Waals surface area contributed by atoms with Crippen LogP contribution in [-0.2, 0) is 46.3 Å². The van der Waals surface area contributed by atoms with Crippen LogP contribution in [0, 0.1) is 23.7 Å². The van der Waals surface area contributed by atoms with Gasteiger partial charge in [-0.15, -0.1) is 11.3 Å². The molecular formula is C52H59F3N10O9S2. The molecule has 76 heavy (non-hydrogen) atoms. The molecule has 0 unspecified atom stereocenters. The SMILES string of the molecule is Cc1ncsc1-c1ccc(CNC(=O)[C@@H]2C[C@@H](O)CN2C(=O)[C@@H](NC(=O)CN(C)C(=O)CN(C)C(=O)CN(C)C(=O)COc2ccc(N3C(=S)N(c4ccc(C#N)c(C(F)(F)F)c4)C(=O)C3(C)C)cc2)C(C)(C)C)cc1. The number of likely N-dealkylation sites (tertiary alicyclic amines) is 1. The Morgan fingerprint density at radius 3 is 2.08 bits per heavy atom. The van der Waals surface area contributed by atoms with Gasteiger partial charge in [0.1, 0.15) is 23.4 Å². The zero-order valence-electron chi connectivity index (χ0n) is 43.4. The Kier molecular flexibility index (Phi) is 17.6. The summed E-state index contributed by atoms with van der Waals surface area (Å²) in [5, 5.41) is 25.3. The van der Waals surface area contributed by atoms with Crippen molar-refractivity contribution < 1.29 is 56.6 Å². The van der Waals surface area contributed by atoms with Crippen molar-refractivity contribution in [3.8, 4) is 22.3 Å². The Morgan fingerprint density at radius 1 is 0.921 bits per heavy atom. The van der Waals surface area contributed by atoms with E-state index in [1.165, 1.54) is 66.5 Å². The maximum absolute atomic E-state index is 14.1. The molecule has 2 saturated heterocycles. The second-order valence-electron chi connectivity index (χ2n) is 20.1. The highest BCUT2D eigenvalue weighted by molar-refractivity contribution is 7.81. The zero-order chi connectivity index (χ0) is 56.2. The number of aliphatic hydroxyl groups excluding tert-OH is 1. The Bertz CT molecular complexity index is 2940. The summed E-state index contributed by atoms with van der Waals surface area (Å²) in [5.41, 5.74) is 0.711. The Labute approximate surface area is 447 Å². The van der Waals surface area contributed by atoms with Gasteiger partial charge in [-0.25, -0.2) is 4.98 Å². The third-order valence-corrected chi connectivity index (χ3v) is 14.3. The second-order valence-corrected chi connectivity index (χ2v) is 21.4. The fourth-order valence-corrected chi connectivity index (χ4v) is 9.85. The number of benzene rings is 3. The number of amides is 7. The summed E-state index contributed by atoms with van der Waals surface area (Å²) in [7, 11) is 4.06. The summed E-state index contributed by atoms with van der Waals surface area (Å²) in [6, 6.07) is 16.0. The van der Waals surface area contributed by atoms with E-state index in [2.05, 4.69) is 15.6 Å². The molecule has 0 bridgehead atoms. The van der Waals surface area contributed by atoms with E-state index >= 15 is 0 Å². The Balaban J connectivity index is 0.964. The predicted molar refractivity (Wildman–Crippen MR) is 279 cm³/mol. The first-order chi connectivity index (χ1) is 35.5. The molecular weight excluding hydrogens is 1030 g/mol. The first-order valence-corrected chi connectivity index (χ1v) is 25.1. The van der Waals surface area contributed by atoms with Gasteiger partial charge in [0.05, 0.1) is 64.7 Å². The molecule has 0 saturated carbocycles. The molecule has 3 N–H and O–H groups in total. The molecule has 1 aromatic heterocycles. The fourth-order valence-electron chi connectivity index (χ4n) is 8.52. The number of rotatable bonds is 17. The van der Waals surface area contributed by atoms with Crippen molar-refractivity contribution >= 4 is 81.4 Å². The summed E-state index contributed by atoms with van der Waals surface area (Å²) < 4.78 is 47.0. The maximum atomic E-state index is 14.1. The van der Waals surface area contributed by atoms with Crippen LogP contribution in [0.25, 0.3) is 10.4 Å². The number of aromatic nitrogens is 1. The predicted octanol–water partition coefficient (Wildman–Crippen LogP) is 4.49. The van der Waals surface area contributed by atoms with E-state index in [4.69, 9.17) is 17.0 Å². The molecule has 404 valence electrons. The van der Waals surface area contributed by atoms with Crippen LogP contribution in [0.4, 0.5) is 24.5 Å². The third-order valence-electron chi connectivity index (χ3n) is 12.9. The lowest BCUT2D eigenvalue weighted by Crippen LogP contribution is -2.58. The third kappa shape index (κ3) is 13.1. The fraction of sp³-hybridized carbons (Fsp3) is 0.423. The van der Waals surface area contributed by atoms with Crippen LogP contribution >= 0.6 is 23.6 Å². The van der Waals surface area contributed by atoms with Gasteiger partial charge in [0.25, 0.3) is 11.8 Å². The number of nitrogens with zero attached hydrogens (tertiary/aromatic N) is 8. The summed E-state index contributed by atoms with van der Waals surface area (Å²) in [5.74, 6) is -3.96. The number of anilines is 2. The highest BCUT2D eigenvalue weighted by Gasteiger charge is 2.51. The number of nitriles is 1. The van der Waals surface area contributed by atoms with E-state index in [-0.39, 0.29) is 36.1 Å². The number of likely N-dealkylation sites (N-methyl/N-ethyl adjacent to an activating group) is 3. The Hall–Kier alpha value is -7.49. The topological polar surface area (TPSA) is 229 Å². The van der Waals surface area contributed by atoms with Crippen molar-refractivity contribution in [2.24, 2.45) is 5.41 Å². The second kappa shape index (κ2) is 23.2. The average molecular weight is 1090 g/mol. The molecule has 7 amide bonds. The van der Waals surface area contributed by atoms with Crippen LogP contribution in [-0.4, -0.2) is 154 Å². The van der Waals surface area contributed by atoms with Crippen LogP contribution in [0.5, 0.6) is 5.75 Å². The molecule has 4 aromatic rings. The molecule has 3 aromatic carbocycles. The summed E-state index contributed by atoms with van der Waals surface area (Å²) >= 11 is 7.13. The lowest BCUT2D eigenvalue weighted by Gasteiger charge is -2.35. The molecule has 2 aliphatic heterocycles. The van der Waals surface area contributed by atoms with Gasteiger partial charge in [-0.2, -0.15) is 18.4 Å². The van der Waals surface area contributed by atoms with Crippen molar-refractivity contribution in [2.45, 2.75) is 84.4 Å². The highest BCUT2D eigenvalue weighted by Crippen LogP contribution is 2.40. The normalized spacial score (nSPS) is 16.7. The first-order valence-electron chi connectivity index (χ1n) is 23.8. The van der Waals surface area contributed by atoms with Crippen LogP contribution in [0.15, 0.2) is 72.2 Å². The number of aryl methyl sites for hydroxylation is 1. The number of nitrogens with one attached hydrogen (secondary N) is 2. The standard InChI is InChI=1S/C52H59F3N10O9S2/c1-30-44(76-29-58-30)32-12-10-31(11-13-32)23-57-46(71)39-21-36(66)24-63(39)47(72)45(50(2,3)4)59-40(67)25-60(7)41(68)26-61(8)42(69)27-62(9)43(70)28-74-37-18-16-34(17-19-37)65-49(75)64(48(73)51(65,5)6)35-15-14-33(22-56)38(20-35)52(53,54)55/h10-20,29,36,39,45,66H,21,23-28H2,1-9H3,(H,57,71)(H,59,67)/t36-,39+,45-/m1/s1. The van der Waals surface area contributed by atoms with E-state index < -0.39 is 114 Å². The number of alkyl halides is 3. The minimum absolute atomic E-state index is 0.00168. The van der Waals surface area contributed by atoms with E-state index in [1.807, 2.05) is 31.2 Å². The molecule has 0 spiro atoms. The number of carbonyl (C=O) groups excluding carboxylic acids is 7. The molecule has 19 nitrogen and oxygen atoms in total.